The largest absolute Gasteiger partial charge is 0.398 e. The standard InChI is InChI=1S/C15H24N2O3S/c1-10-8-14(16)15(9-11(10)2)21(18,19)17-12(3)13-4-6-20-7-5-13/h8-9,12-13,17H,4-7,16H2,1-3H3. The molecule has 118 valence electrons. The summed E-state index contributed by atoms with van der Waals surface area (Å²) in [7, 11) is -3.59. The number of nitrogens with one attached hydrogen (secondary N) is 1. The zero-order valence-corrected chi connectivity index (χ0v) is 13.7. The fourth-order valence-corrected chi connectivity index (χ4v) is 4.18. The van der Waals surface area contributed by atoms with E-state index in [1.54, 1.807) is 12.1 Å². The Bertz CT molecular complexity index is 608. The highest BCUT2D eigenvalue weighted by Gasteiger charge is 2.26. The van der Waals surface area contributed by atoms with Crippen molar-refractivity contribution in [2.45, 2.75) is 44.6 Å². The first-order valence-electron chi connectivity index (χ1n) is 7.28. The quantitative estimate of drug-likeness (QED) is 0.833. The van der Waals surface area contributed by atoms with Gasteiger partial charge in [0, 0.05) is 19.3 Å². The molecule has 1 fully saturated rings. The minimum Gasteiger partial charge on any atom is -0.398 e. The van der Waals surface area contributed by atoms with Crippen LogP contribution in [0.15, 0.2) is 17.0 Å². The zero-order valence-electron chi connectivity index (χ0n) is 12.8. The van der Waals surface area contributed by atoms with E-state index in [0.717, 1.165) is 24.0 Å². The number of aryl methyl sites for hydroxylation is 2. The zero-order chi connectivity index (χ0) is 15.6. The van der Waals surface area contributed by atoms with Gasteiger partial charge in [-0.25, -0.2) is 13.1 Å². The number of rotatable bonds is 4. The topological polar surface area (TPSA) is 81.4 Å². The van der Waals surface area contributed by atoms with Crippen molar-refractivity contribution in [3.8, 4) is 0 Å². The summed E-state index contributed by atoms with van der Waals surface area (Å²) in [4.78, 5) is 0.171. The number of anilines is 1. The fraction of sp³-hybridized carbons (Fsp3) is 0.600. The van der Waals surface area contributed by atoms with Crippen LogP contribution < -0.4 is 10.5 Å². The Kier molecular flexibility index (Phi) is 4.91. The van der Waals surface area contributed by atoms with Crippen LogP contribution in [0.2, 0.25) is 0 Å². The molecule has 0 aromatic heterocycles. The molecular weight excluding hydrogens is 288 g/mol. The number of sulfonamides is 1. The third-order valence-electron chi connectivity index (χ3n) is 4.23. The Morgan fingerprint density at radius 3 is 2.43 bits per heavy atom. The molecule has 0 saturated carbocycles. The lowest BCUT2D eigenvalue weighted by Gasteiger charge is -2.28. The Hall–Kier alpha value is -1.11. The van der Waals surface area contributed by atoms with Gasteiger partial charge in [0.25, 0.3) is 0 Å². The maximum atomic E-state index is 12.5. The van der Waals surface area contributed by atoms with Crippen molar-refractivity contribution in [1.29, 1.82) is 0 Å². The summed E-state index contributed by atoms with van der Waals surface area (Å²) in [6, 6.07) is 3.23. The van der Waals surface area contributed by atoms with E-state index in [1.807, 2.05) is 20.8 Å². The molecule has 0 spiro atoms. The lowest BCUT2D eigenvalue weighted by molar-refractivity contribution is 0.0585. The van der Waals surface area contributed by atoms with E-state index < -0.39 is 10.0 Å². The summed E-state index contributed by atoms with van der Waals surface area (Å²) in [6.07, 6.45) is 1.76. The van der Waals surface area contributed by atoms with Crippen LogP contribution in [0.5, 0.6) is 0 Å². The van der Waals surface area contributed by atoms with E-state index in [0.29, 0.717) is 24.8 Å². The molecular formula is C15H24N2O3S. The Morgan fingerprint density at radius 2 is 1.81 bits per heavy atom. The molecule has 1 heterocycles. The van der Waals surface area contributed by atoms with Crippen LogP contribution >= 0.6 is 0 Å². The predicted molar refractivity (Wildman–Crippen MR) is 83.7 cm³/mol. The van der Waals surface area contributed by atoms with E-state index in [2.05, 4.69) is 4.72 Å². The molecule has 1 aliphatic rings. The molecule has 1 aliphatic heterocycles. The summed E-state index contributed by atoms with van der Waals surface area (Å²) < 4.78 is 33.2. The second-order valence-corrected chi connectivity index (χ2v) is 7.52. The maximum absolute atomic E-state index is 12.5. The highest BCUT2D eigenvalue weighted by atomic mass is 32.2. The first-order valence-corrected chi connectivity index (χ1v) is 8.76. The molecule has 0 amide bonds. The number of nitrogen functional groups attached to an aromatic ring is 1. The average Bonchev–Trinajstić information content (AvgIpc) is 2.43. The van der Waals surface area contributed by atoms with Crippen molar-refractivity contribution in [3.05, 3.63) is 23.3 Å². The number of nitrogens with two attached hydrogens (primary N) is 1. The van der Waals surface area contributed by atoms with Crippen molar-refractivity contribution >= 4 is 15.7 Å². The number of ether oxygens (including phenoxy) is 1. The molecule has 1 saturated heterocycles. The minimum absolute atomic E-state index is 0.125. The van der Waals surface area contributed by atoms with Crippen LogP contribution in [0, 0.1) is 19.8 Å². The van der Waals surface area contributed by atoms with Crippen molar-refractivity contribution in [2.75, 3.05) is 18.9 Å². The van der Waals surface area contributed by atoms with Gasteiger partial charge in [0.2, 0.25) is 10.0 Å². The van der Waals surface area contributed by atoms with Gasteiger partial charge in [-0.2, -0.15) is 0 Å². The molecule has 6 heteroatoms. The van der Waals surface area contributed by atoms with Crippen LogP contribution in [0.4, 0.5) is 5.69 Å². The first kappa shape index (κ1) is 16.3. The van der Waals surface area contributed by atoms with Crippen LogP contribution in [-0.2, 0) is 14.8 Å². The van der Waals surface area contributed by atoms with Crippen molar-refractivity contribution in [1.82, 2.24) is 4.72 Å². The Labute approximate surface area is 126 Å². The van der Waals surface area contributed by atoms with Gasteiger partial charge in [-0.3, -0.25) is 0 Å². The van der Waals surface area contributed by atoms with Crippen LogP contribution in [0.3, 0.4) is 0 Å². The minimum atomic E-state index is -3.59. The summed E-state index contributed by atoms with van der Waals surface area (Å²) >= 11 is 0. The van der Waals surface area contributed by atoms with E-state index in [9.17, 15) is 8.42 Å². The lowest BCUT2D eigenvalue weighted by Crippen LogP contribution is -2.40. The van der Waals surface area contributed by atoms with Crippen LogP contribution in [-0.4, -0.2) is 27.7 Å². The first-order chi connectivity index (χ1) is 9.81. The number of hydrogen-bond acceptors (Lipinski definition) is 4. The Morgan fingerprint density at radius 1 is 1.24 bits per heavy atom. The van der Waals surface area contributed by atoms with Gasteiger partial charge in [0.05, 0.1) is 5.69 Å². The molecule has 0 aliphatic carbocycles. The molecule has 1 aromatic carbocycles. The van der Waals surface area contributed by atoms with Crippen LogP contribution in [0.1, 0.15) is 30.9 Å². The van der Waals surface area contributed by atoms with Gasteiger partial charge >= 0.3 is 0 Å². The highest BCUT2D eigenvalue weighted by Crippen LogP contribution is 2.25. The molecule has 0 bridgehead atoms. The van der Waals surface area contributed by atoms with Gasteiger partial charge in [0.1, 0.15) is 4.90 Å². The van der Waals surface area contributed by atoms with Gasteiger partial charge in [-0.15, -0.1) is 0 Å². The molecule has 21 heavy (non-hydrogen) atoms. The van der Waals surface area contributed by atoms with Crippen molar-refractivity contribution < 1.29 is 13.2 Å². The maximum Gasteiger partial charge on any atom is 0.242 e. The van der Waals surface area contributed by atoms with E-state index in [4.69, 9.17) is 10.5 Å². The molecule has 1 aromatic rings. The third kappa shape index (κ3) is 3.75. The molecule has 3 N–H and O–H groups in total. The summed E-state index contributed by atoms with van der Waals surface area (Å²) in [5.41, 5.74) is 8.10. The van der Waals surface area contributed by atoms with E-state index in [-0.39, 0.29) is 10.9 Å². The molecule has 1 atom stereocenters. The molecule has 1 unspecified atom stereocenters. The van der Waals surface area contributed by atoms with E-state index >= 15 is 0 Å². The predicted octanol–water partition coefficient (Wildman–Crippen LogP) is 1.98. The fourth-order valence-electron chi connectivity index (χ4n) is 2.67. The van der Waals surface area contributed by atoms with Gasteiger partial charge in [-0.1, -0.05) is 0 Å². The van der Waals surface area contributed by atoms with Gasteiger partial charge in [-0.05, 0) is 62.8 Å². The Balaban J connectivity index is 2.20. The smallest absolute Gasteiger partial charge is 0.242 e. The van der Waals surface area contributed by atoms with Crippen molar-refractivity contribution in [3.63, 3.8) is 0 Å². The summed E-state index contributed by atoms with van der Waals surface area (Å²) in [5.74, 6) is 0.307. The second-order valence-electron chi connectivity index (χ2n) is 5.83. The SMILES string of the molecule is Cc1cc(N)c(S(=O)(=O)NC(C)C2CCOCC2)cc1C. The normalized spacial score (nSPS) is 18.6. The molecule has 5 nitrogen and oxygen atoms in total. The second kappa shape index (κ2) is 6.34. The summed E-state index contributed by atoms with van der Waals surface area (Å²) in [5, 5.41) is 0. The van der Waals surface area contributed by atoms with E-state index in [1.165, 1.54) is 0 Å². The lowest BCUT2D eigenvalue weighted by atomic mass is 9.94. The average molecular weight is 312 g/mol. The number of benzene rings is 1. The highest BCUT2D eigenvalue weighted by molar-refractivity contribution is 7.89. The van der Waals surface area contributed by atoms with Crippen molar-refractivity contribution in [2.24, 2.45) is 5.92 Å². The molecule has 0 radical (unpaired) electrons. The van der Waals surface area contributed by atoms with Crippen LogP contribution in [0.25, 0.3) is 0 Å². The van der Waals surface area contributed by atoms with Gasteiger partial charge < -0.3 is 10.5 Å². The van der Waals surface area contributed by atoms with Gasteiger partial charge in [0.15, 0.2) is 0 Å². The number of hydrogen-bond donors (Lipinski definition) is 2. The monoisotopic (exact) mass is 312 g/mol. The summed E-state index contributed by atoms with van der Waals surface area (Å²) in [6.45, 7) is 7.10. The molecule has 2 rings (SSSR count). The third-order valence-corrected chi connectivity index (χ3v) is 5.84.